The number of nitrogens with zero attached hydrogens (tertiary/aromatic N) is 5. The lowest BCUT2D eigenvalue weighted by atomic mass is 10.1. The molecule has 0 N–H and O–H groups in total. The first-order valence-corrected chi connectivity index (χ1v) is 15.8. The van der Waals surface area contributed by atoms with Gasteiger partial charge in [0, 0.05) is 23.2 Å². The Labute approximate surface area is 238 Å². The van der Waals surface area contributed by atoms with Crippen LogP contribution in [0.25, 0.3) is 23.1 Å². The number of anilines is 1. The second-order valence-corrected chi connectivity index (χ2v) is 11.5. The molecule has 0 saturated heterocycles. The number of hydrogen-bond donors (Lipinski definition) is 0. The van der Waals surface area contributed by atoms with Crippen LogP contribution in [0, 0.1) is 0 Å². The maximum atomic E-state index is 5.53. The van der Waals surface area contributed by atoms with E-state index in [4.69, 9.17) is 4.74 Å². The summed E-state index contributed by atoms with van der Waals surface area (Å²) in [6.07, 6.45) is 20.1. The number of aromatic nitrogens is 4. The van der Waals surface area contributed by atoms with Gasteiger partial charge in [-0.25, -0.2) is 0 Å². The predicted octanol–water partition coefficient (Wildman–Crippen LogP) is 7.94. The second-order valence-electron chi connectivity index (χ2n) is 10.4. The number of fused-ring (bicyclic) bond motifs is 1. The first-order valence-electron chi connectivity index (χ1n) is 14.9. The third-order valence-corrected chi connectivity index (χ3v) is 8.44. The van der Waals surface area contributed by atoms with E-state index in [1.54, 1.807) is 7.11 Å². The van der Waals surface area contributed by atoms with E-state index in [1.165, 1.54) is 86.9 Å². The summed E-state index contributed by atoms with van der Waals surface area (Å²) in [6.45, 7) is 6.87. The van der Waals surface area contributed by atoms with E-state index < -0.39 is 0 Å². The van der Waals surface area contributed by atoms with Crippen LogP contribution in [0.5, 0.6) is 5.75 Å². The van der Waals surface area contributed by atoms with Crippen LogP contribution in [-0.4, -0.2) is 40.0 Å². The van der Waals surface area contributed by atoms with E-state index in [2.05, 4.69) is 52.3 Å². The molecule has 0 unspecified atom stereocenters. The minimum Gasteiger partial charge on any atom is -0.496 e. The summed E-state index contributed by atoms with van der Waals surface area (Å²) < 4.78 is 7.34. The fourth-order valence-corrected chi connectivity index (χ4v) is 6.10. The first kappa shape index (κ1) is 29.1. The summed E-state index contributed by atoms with van der Waals surface area (Å²) in [4.78, 5) is 3.84. The van der Waals surface area contributed by atoms with Crippen molar-refractivity contribution in [3.8, 4) is 17.1 Å². The van der Waals surface area contributed by atoms with E-state index in [9.17, 15) is 0 Å². The van der Waals surface area contributed by atoms with Gasteiger partial charge in [-0.2, -0.15) is 9.61 Å². The Kier molecular flexibility index (Phi) is 11.6. The van der Waals surface area contributed by atoms with Gasteiger partial charge in [0.1, 0.15) is 5.75 Å². The average molecular weight is 548 g/mol. The monoisotopic (exact) mass is 547 g/mol. The Bertz CT molecular complexity index is 1300. The van der Waals surface area contributed by atoms with Crippen molar-refractivity contribution < 1.29 is 4.74 Å². The SMILES string of the molecule is CCCCCCCCN(CCCCCCCC)c1ccc(/C=c2\cnn3c(-c4ccccc4OC)nnc23)s1. The molecule has 4 rings (SSSR count). The summed E-state index contributed by atoms with van der Waals surface area (Å²) in [6, 6.07) is 12.4. The first-order chi connectivity index (χ1) is 19.2. The van der Waals surface area contributed by atoms with Gasteiger partial charge >= 0.3 is 0 Å². The molecule has 0 aliphatic carbocycles. The number of benzene rings is 1. The van der Waals surface area contributed by atoms with Crippen LogP contribution in [0.1, 0.15) is 95.8 Å². The smallest absolute Gasteiger partial charge is 0.189 e. The quantitative estimate of drug-likeness (QED) is 0.118. The minimum atomic E-state index is 0.693. The maximum Gasteiger partial charge on any atom is 0.189 e. The third-order valence-electron chi connectivity index (χ3n) is 7.34. The van der Waals surface area contributed by atoms with Gasteiger partial charge in [-0.3, -0.25) is 0 Å². The number of para-hydroxylation sites is 1. The molecule has 0 radical (unpaired) electrons. The standard InChI is InChI=1S/C32H45N5OS/c1-4-6-8-10-12-16-22-36(23-17-13-11-9-7-5-2)30-21-20-27(39-30)24-26-25-33-37-31(26)34-35-32(37)28-18-14-15-19-29(28)38-3/h14-15,18-21,24-25H,4-13,16-17,22-23H2,1-3H3/b26-24+. The molecule has 39 heavy (non-hydrogen) atoms. The normalized spacial score (nSPS) is 12.0. The van der Waals surface area contributed by atoms with Crippen LogP contribution in [0.4, 0.5) is 5.00 Å². The molecule has 0 atom stereocenters. The van der Waals surface area contributed by atoms with Crippen molar-refractivity contribution in [2.45, 2.75) is 90.9 Å². The van der Waals surface area contributed by atoms with Gasteiger partial charge in [0.25, 0.3) is 0 Å². The topological polar surface area (TPSA) is 55.6 Å². The number of unbranched alkanes of at least 4 members (excludes halogenated alkanes) is 10. The summed E-state index contributed by atoms with van der Waals surface area (Å²) in [7, 11) is 1.67. The Hall–Kier alpha value is -2.93. The highest BCUT2D eigenvalue weighted by Crippen LogP contribution is 2.29. The number of ether oxygens (including phenoxy) is 1. The van der Waals surface area contributed by atoms with Gasteiger partial charge in [0.15, 0.2) is 11.5 Å². The van der Waals surface area contributed by atoms with Gasteiger partial charge in [-0.05, 0) is 43.2 Å². The molecule has 0 spiro atoms. The van der Waals surface area contributed by atoms with Crippen molar-refractivity contribution in [3.63, 3.8) is 0 Å². The molecule has 0 aliphatic heterocycles. The fraction of sp³-hybridized carbons (Fsp3) is 0.531. The van der Waals surface area contributed by atoms with Gasteiger partial charge in [-0.15, -0.1) is 21.5 Å². The third kappa shape index (κ3) is 8.04. The van der Waals surface area contributed by atoms with Crippen molar-refractivity contribution in [3.05, 3.63) is 52.7 Å². The zero-order chi connectivity index (χ0) is 27.3. The highest BCUT2D eigenvalue weighted by Gasteiger charge is 2.15. The molecule has 0 amide bonds. The Morgan fingerprint density at radius 1 is 0.821 bits per heavy atom. The Balaban J connectivity index is 1.46. The highest BCUT2D eigenvalue weighted by atomic mass is 32.1. The van der Waals surface area contributed by atoms with Gasteiger partial charge < -0.3 is 9.64 Å². The van der Waals surface area contributed by atoms with Crippen molar-refractivity contribution in [2.24, 2.45) is 0 Å². The summed E-state index contributed by atoms with van der Waals surface area (Å²) in [5.74, 6) is 1.46. The number of hydrogen-bond acceptors (Lipinski definition) is 6. The lowest BCUT2D eigenvalue weighted by Gasteiger charge is -2.23. The highest BCUT2D eigenvalue weighted by molar-refractivity contribution is 7.16. The molecule has 0 aliphatic rings. The molecule has 3 heterocycles. The lowest BCUT2D eigenvalue weighted by molar-refractivity contribution is 0.416. The van der Waals surface area contributed by atoms with E-state index in [1.807, 2.05) is 46.3 Å². The van der Waals surface area contributed by atoms with E-state index in [0.29, 0.717) is 5.82 Å². The largest absolute Gasteiger partial charge is 0.496 e. The van der Waals surface area contributed by atoms with Crippen LogP contribution < -0.4 is 14.9 Å². The molecule has 0 saturated carbocycles. The molecule has 7 heteroatoms. The lowest BCUT2D eigenvalue weighted by Crippen LogP contribution is -2.24. The summed E-state index contributed by atoms with van der Waals surface area (Å²) in [5, 5.41) is 15.9. The molecule has 6 nitrogen and oxygen atoms in total. The maximum absolute atomic E-state index is 5.53. The zero-order valence-corrected chi connectivity index (χ0v) is 24.9. The molecule has 210 valence electrons. The van der Waals surface area contributed by atoms with Crippen LogP contribution in [0.15, 0.2) is 42.6 Å². The Morgan fingerprint density at radius 3 is 2.18 bits per heavy atom. The number of methoxy groups -OCH3 is 1. The zero-order valence-electron chi connectivity index (χ0n) is 24.1. The van der Waals surface area contributed by atoms with Crippen molar-refractivity contribution in [1.29, 1.82) is 0 Å². The van der Waals surface area contributed by atoms with E-state index in [0.717, 1.165) is 35.3 Å². The van der Waals surface area contributed by atoms with Crippen molar-refractivity contribution in [1.82, 2.24) is 19.8 Å². The van der Waals surface area contributed by atoms with E-state index >= 15 is 0 Å². The molecule has 0 bridgehead atoms. The van der Waals surface area contributed by atoms with Crippen molar-refractivity contribution >= 4 is 28.1 Å². The molecular formula is C32H45N5OS. The van der Waals surface area contributed by atoms with Crippen LogP contribution in [-0.2, 0) is 0 Å². The molecule has 3 aromatic heterocycles. The number of thiophene rings is 1. The predicted molar refractivity (Wildman–Crippen MR) is 165 cm³/mol. The van der Waals surface area contributed by atoms with Crippen LogP contribution >= 0.6 is 11.3 Å². The molecule has 1 aromatic carbocycles. The minimum absolute atomic E-state index is 0.693. The van der Waals surface area contributed by atoms with Gasteiger partial charge in [0.05, 0.1) is 23.9 Å². The second kappa shape index (κ2) is 15.6. The van der Waals surface area contributed by atoms with Gasteiger partial charge in [-0.1, -0.05) is 90.2 Å². The average Bonchev–Trinajstić information content (AvgIpc) is 3.69. The number of rotatable bonds is 18. The molecule has 4 aromatic rings. The summed E-state index contributed by atoms with van der Waals surface area (Å²) in [5.41, 5.74) is 1.65. The molecular weight excluding hydrogens is 502 g/mol. The van der Waals surface area contributed by atoms with Gasteiger partial charge in [0.2, 0.25) is 0 Å². The molecule has 0 fully saturated rings. The van der Waals surface area contributed by atoms with E-state index in [-0.39, 0.29) is 0 Å². The van der Waals surface area contributed by atoms with Crippen molar-refractivity contribution in [2.75, 3.05) is 25.1 Å². The van der Waals surface area contributed by atoms with Crippen LogP contribution in [0.3, 0.4) is 0 Å². The van der Waals surface area contributed by atoms with Crippen LogP contribution in [0.2, 0.25) is 0 Å². The summed E-state index contributed by atoms with van der Waals surface area (Å²) >= 11 is 1.87. The fourth-order valence-electron chi connectivity index (χ4n) is 5.09. The Morgan fingerprint density at radius 2 is 1.49 bits per heavy atom.